The summed E-state index contributed by atoms with van der Waals surface area (Å²) in [5.41, 5.74) is 16.9. The largest absolute Gasteiger partial charge is 0.495 e. The lowest BCUT2D eigenvalue weighted by molar-refractivity contribution is -0.151. The Labute approximate surface area is 625 Å². The van der Waals surface area contributed by atoms with E-state index in [0.29, 0.717) is 16.1 Å². The van der Waals surface area contributed by atoms with Crippen LogP contribution in [0.4, 0.5) is 0 Å². The van der Waals surface area contributed by atoms with Gasteiger partial charge < -0.3 is 37.8 Å². The minimum absolute atomic E-state index is 0.0398. The third-order valence-corrected chi connectivity index (χ3v) is 32.8. The summed E-state index contributed by atoms with van der Waals surface area (Å²) >= 11 is 5.67. The molecular formula is C88H132BClO10Si2. The second kappa shape index (κ2) is 34.6. The topological polar surface area (TPSA) is 130 Å². The van der Waals surface area contributed by atoms with Crippen LogP contribution < -0.4 is 5.46 Å². The van der Waals surface area contributed by atoms with Gasteiger partial charge >= 0.3 is 19.1 Å². The number of methoxy groups -OCH3 is 2. The number of hydrogen-bond acceptors (Lipinski definition) is 10. The Morgan fingerprint density at radius 3 is 1.18 bits per heavy atom. The third-order valence-electron chi connectivity index (χ3n) is 23.6. The fraction of sp³-hybridized carbons (Fsp3) is 0.568. The second-order valence-corrected chi connectivity index (χ2v) is 45.1. The molecule has 1 aliphatic rings. The van der Waals surface area contributed by atoms with Gasteiger partial charge in [-0.15, -0.1) is 0 Å². The maximum atomic E-state index is 11.9. The molecular weight excluding hydrogens is 1320 g/mol. The van der Waals surface area contributed by atoms with E-state index in [9.17, 15) is 19.8 Å². The maximum absolute atomic E-state index is 11.9. The molecule has 2 N–H and O–H groups in total. The standard InChI is InChI=1S/C41H60O4Si.C38H63BO3Si.C9H9ClO3/c1-14-41(15-2,34-22-23-35(29(4)26-34)31-17-16-18-32(27-31)37(42)38(43)44-11)33-21-19-30(28(3)25-33)20-24-36(39(5,6)7)45-46(12,13)40(8,9)10;1-17-38(18-2,31-22-23-32(28(4)26-31)39-41-36(11,12)37(13,14)42-39)30-21-19-29(27(3)25-30)20-24-33(34(5,6)7)40-43(15,16)35(8,9)10;1-13-9(12)8(11)6-3-2-4-7(10)5-6/h16-19,21-23,25-27,36-37,42H,14-15,20,24H2,1-13H3;19,21-23,25-26,33H,17-18,20,24H2,1-16H3;2-5,8,11H,1H3/t36?,37-;;8-/m1.1/s1. The highest BCUT2D eigenvalue weighted by molar-refractivity contribution is 6.74. The van der Waals surface area contributed by atoms with Crippen molar-refractivity contribution in [3.05, 3.63) is 193 Å². The van der Waals surface area contributed by atoms with Crippen molar-refractivity contribution in [2.45, 2.75) is 300 Å². The van der Waals surface area contributed by atoms with Gasteiger partial charge in [-0.2, -0.15) is 0 Å². The lowest BCUT2D eigenvalue weighted by atomic mass is 9.67. The number of rotatable bonds is 24. The summed E-state index contributed by atoms with van der Waals surface area (Å²) in [6.45, 7) is 64.0. The van der Waals surface area contributed by atoms with Crippen molar-refractivity contribution in [2.24, 2.45) is 10.8 Å². The van der Waals surface area contributed by atoms with Gasteiger partial charge in [0, 0.05) is 15.9 Å². The average Bonchev–Trinajstić information content (AvgIpc) is 1.63. The fourth-order valence-electron chi connectivity index (χ4n) is 13.5. The van der Waals surface area contributed by atoms with Crippen molar-refractivity contribution in [2.75, 3.05) is 14.2 Å². The molecule has 6 aromatic carbocycles. The van der Waals surface area contributed by atoms with Gasteiger partial charge in [-0.05, 0) is 250 Å². The predicted octanol–water partition coefficient (Wildman–Crippen LogP) is 22.3. The lowest BCUT2D eigenvalue weighted by Gasteiger charge is -2.43. The second-order valence-electron chi connectivity index (χ2n) is 35.1. The smallest absolute Gasteiger partial charge is 0.467 e. The summed E-state index contributed by atoms with van der Waals surface area (Å²) in [5.74, 6) is -1.35. The van der Waals surface area contributed by atoms with E-state index < -0.39 is 40.8 Å². The summed E-state index contributed by atoms with van der Waals surface area (Å²) in [5, 5.41) is 20.6. The van der Waals surface area contributed by atoms with Gasteiger partial charge in [-0.1, -0.05) is 231 Å². The Kier molecular flexibility index (Phi) is 29.6. The van der Waals surface area contributed by atoms with E-state index in [2.05, 4.69) is 270 Å². The minimum atomic E-state index is -1.89. The molecule has 1 heterocycles. The fourth-order valence-corrected chi connectivity index (χ4v) is 16.8. The van der Waals surface area contributed by atoms with E-state index >= 15 is 0 Å². The number of esters is 2. The number of aliphatic hydroxyl groups is 2. The highest BCUT2D eigenvalue weighted by Gasteiger charge is 2.52. The molecule has 0 radical (unpaired) electrons. The first kappa shape index (κ1) is 87.4. The highest BCUT2D eigenvalue weighted by atomic mass is 35.5. The Balaban J connectivity index is 0.000000312. The monoisotopic (exact) mass is 1450 g/mol. The van der Waals surface area contributed by atoms with E-state index in [1.54, 1.807) is 24.3 Å². The average molecular weight is 1450 g/mol. The predicted molar refractivity (Wildman–Crippen MR) is 434 cm³/mol. The van der Waals surface area contributed by atoms with Crippen molar-refractivity contribution in [1.82, 2.24) is 0 Å². The molecule has 1 aliphatic heterocycles. The molecule has 7 rings (SSSR count). The highest BCUT2D eigenvalue weighted by Crippen LogP contribution is 2.46. The Morgan fingerprint density at radius 2 is 0.843 bits per heavy atom. The van der Waals surface area contributed by atoms with Gasteiger partial charge in [-0.25, -0.2) is 9.59 Å². The molecule has 1 fully saturated rings. The van der Waals surface area contributed by atoms with E-state index in [4.69, 9.17) is 34.5 Å². The SMILES string of the molecule is CCC(CC)(c1ccc(CCC(O[Si](C)(C)C(C)(C)C)C(C)(C)C)c(C)c1)c1ccc(-c2cccc([C@@H](O)C(=O)OC)c2)c(C)c1.CCC(CC)(c1ccc(CCC(O[Si](C)(C)C(C)(C)C)C(C)(C)C)c(C)c1)c1ccc(B2OC(C)(C)C(C)(C)O2)c(C)c1.COC(=O)[C@H](O)c1cccc(Cl)c1. The number of carbonyl (C=O) groups is 2. The zero-order chi connectivity index (χ0) is 77.3. The number of carbonyl (C=O) groups excluding carboxylic acids is 2. The van der Waals surface area contributed by atoms with Crippen molar-refractivity contribution in [1.29, 1.82) is 0 Å². The molecule has 0 aliphatic carbocycles. The summed E-state index contributed by atoms with van der Waals surface area (Å²) < 4.78 is 35.9. The van der Waals surface area contributed by atoms with Gasteiger partial charge in [0.1, 0.15) is 0 Å². The molecule has 102 heavy (non-hydrogen) atoms. The maximum Gasteiger partial charge on any atom is 0.495 e. The van der Waals surface area contributed by atoms with Crippen LogP contribution in [0.25, 0.3) is 11.1 Å². The number of ether oxygens (including phenoxy) is 2. The zero-order valence-electron chi connectivity index (χ0n) is 68.6. The van der Waals surface area contributed by atoms with Crippen LogP contribution in [0.15, 0.2) is 121 Å². The van der Waals surface area contributed by atoms with Crippen molar-refractivity contribution < 1.29 is 47.4 Å². The van der Waals surface area contributed by atoms with Crippen LogP contribution in [0.1, 0.15) is 256 Å². The molecule has 6 aromatic rings. The van der Waals surface area contributed by atoms with E-state index in [1.165, 1.54) is 70.4 Å². The number of halogens is 1. The van der Waals surface area contributed by atoms with Gasteiger partial charge in [0.15, 0.2) is 28.8 Å². The Morgan fingerprint density at radius 1 is 0.490 bits per heavy atom. The molecule has 0 spiro atoms. The van der Waals surface area contributed by atoms with Gasteiger partial charge in [0.25, 0.3) is 0 Å². The first-order valence-electron chi connectivity index (χ1n) is 37.5. The minimum Gasteiger partial charge on any atom is -0.467 e. The van der Waals surface area contributed by atoms with E-state index in [-0.39, 0.29) is 62.3 Å². The van der Waals surface area contributed by atoms with Crippen molar-refractivity contribution >= 4 is 52.8 Å². The molecule has 10 nitrogen and oxygen atoms in total. The van der Waals surface area contributed by atoms with Crippen LogP contribution in [0.3, 0.4) is 0 Å². The molecule has 2 unspecified atom stereocenters. The van der Waals surface area contributed by atoms with Gasteiger partial charge in [-0.3, -0.25) is 0 Å². The molecule has 0 saturated carbocycles. The molecule has 0 amide bonds. The van der Waals surface area contributed by atoms with E-state index in [1.807, 2.05) is 18.2 Å². The van der Waals surface area contributed by atoms with Gasteiger partial charge in [0.2, 0.25) is 0 Å². The van der Waals surface area contributed by atoms with Crippen LogP contribution in [-0.2, 0) is 60.9 Å². The summed E-state index contributed by atoms with van der Waals surface area (Å²) in [7, 11) is -1.58. The number of aryl methyl sites for hydroxylation is 6. The quantitative estimate of drug-likeness (QED) is 0.0446. The molecule has 0 bridgehead atoms. The van der Waals surface area contributed by atoms with Crippen molar-refractivity contribution in [3.8, 4) is 11.1 Å². The Hall–Kier alpha value is -5.19. The number of benzene rings is 6. The summed E-state index contributed by atoms with van der Waals surface area (Å²) in [4.78, 5) is 22.8. The molecule has 1 saturated heterocycles. The molecule has 0 aromatic heterocycles. The Bertz CT molecular complexity index is 3740. The summed E-state index contributed by atoms with van der Waals surface area (Å²) in [6.07, 6.45) is 6.07. The first-order chi connectivity index (χ1) is 47.0. The third kappa shape index (κ3) is 20.9. The van der Waals surface area contributed by atoms with Crippen LogP contribution in [0.5, 0.6) is 0 Å². The molecule has 14 heteroatoms. The normalized spacial score (nSPS) is 15.7. The zero-order valence-corrected chi connectivity index (χ0v) is 71.4. The number of hydrogen-bond donors (Lipinski definition) is 2. The lowest BCUT2D eigenvalue weighted by Crippen LogP contribution is -2.47. The molecule has 562 valence electrons. The first-order valence-corrected chi connectivity index (χ1v) is 43.7. The molecule has 4 atom stereocenters. The number of aliphatic hydroxyl groups excluding tert-OH is 2. The van der Waals surface area contributed by atoms with Crippen LogP contribution in [0.2, 0.25) is 41.3 Å². The van der Waals surface area contributed by atoms with Crippen molar-refractivity contribution in [3.63, 3.8) is 0 Å². The van der Waals surface area contributed by atoms with E-state index in [0.717, 1.165) is 73.5 Å². The summed E-state index contributed by atoms with van der Waals surface area (Å²) in [6, 6.07) is 42.0. The van der Waals surface area contributed by atoms with Crippen LogP contribution in [-0.4, -0.2) is 83.5 Å². The van der Waals surface area contributed by atoms with Crippen LogP contribution in [0, 0.1) is 38.5 Å². The van der Waals surface area contributed by atoms with Gasteiger partial charge in [0.05, 0.1) is 37.6 Å². The van der Waals surface area contributed by atoms with Crippen LogP contribution >= 0.6 is 11.6 Å².